The van der Waals surface area contributed by atoms with Crippen LogP contribution in [-0.4, -0.2) is 13.9 Å². The molecule has 0 saturated carbocycles. The number of sulfonamides is 1. The Morgan fingerprint density at radius 2 is 1.88 bits per heavy atom. The van der Waals surface area contributed by atoms with Crippen molar-refractivity contribution in [2.45, 2.75) is 25.8 Å². The predicted octanol–water partition coefficient (Wildman–Crippen LogP) is 2.82. The van der Waals surface area contributed by atoms with Gasteiger partial charge in [0.1, 0.15) is 0 Å². The third-order valence-corrected chi connectivity index (χ3v) is 3.29. The lowest BCUT2D eigenvalue weighted by atomic mass is 10.1. The maximum Gasteiger partial charge on any atom is 0.516 e. The van der Waals surface area contributed by atoms with Gasteiger partial charge in [-0.05, 0) is 25.0 Å². The molecule has 0 amide bonds. The van der Waals surface area contributed by atoms with Gasteiger partial charge in [0.25, 0.3) is 0 Å². The van der Waals surface area contributed by atoms with Crippen LogP contribution in [0.2, 0.25) is 0 Å². The fraction of sp³-hybridized carbons (Fsp3) is 0.400. The van der Waals surface area contributed by atoms with Crippen LogP contribution in [0.1, 0.15) is 18.1 Å². The summed E-state index contributed by atoms with van der Waals surface area (Å²) in [6.45, 7) is 3.52. The zero-order valence-corrected chi connectivity index (χ0v) is 10.1. The van der Waals surface area contributed by atoms with Gasteiger partial charge in [0.15, 0.2) is 0 Å². The summed E-state index contributed by atoms with van der Waals surface area (Å²) in [7, 11) is -5.35. The van der Waals surface area contributed by atoms with E-state index in [-0.39, 0.29) is 5.69 Å². The lowest BCUT2D eigenvalue weighted by molar-refractivity contribution is -0.0429. The van der Waals surface area contributed by atoms with Crippen molar-refractivity contribution in [3.63, 3.8) is 0 Å². The Bertz CT molecular complexity index is 509. The van der Waals surface area contributed by atoms with Crippen molar-refractivity contribution in [2.75, 3.05) is 4.72 Å². The van der Waals surface area contributed by atoms with E-state index >= 15 is 0 Å². The molecule has 0 aromatic heterocycles. The molecule has 0 atom stereocenters. The number of hydrogen-bond donors (Lipinski definition) is 1. The lowest BCUT2D eigenvalue weighted by Gasteiger charge is -2.13. The summed E-state index contributed by atoms with van der Waals surface area (Å²) in [4.78, 5) is 0. The van der Waals surface area contributed by atoms with Crippen molar-refractivity contribution >= 4 is 15.7 Å². The molecule has 0 aliphatic heterocycles. The molecule has 1 N–H and O–H groups in total. The average molecular weight is 267 g/mol. The van der Waals surface area contributed by atoms with Crippen molar-refractivity contribution < 1.29 is 21.6 Å². The van der Waals surface area contributed by atoms with E-state index in [0.29, 0.717) is 12.0 Å². The van der Waals surface area contributed by atoms with Crippen LogP contribution in [0.25, 0.3) is 0 Å². The zero-order chi connectivity index (χ0) is 13.3. The number of benzene rings is 1. The second kappa shape index (κ2) is 4.56. The van der Waals surface area contributed by atoms with E-state index in [0.717, 1.165) is 5.56 Å². The number of aryl methyl sites for hydroxylation is 2. The number of rotatable bonds is 3. The van der Waals surface area contributed by atoms with Crippen LogP contribution in [0, 0.1) is 6.92 Å². The first-order valence-corrected chi connectivity index (χ1v) is 6.34. The highest BCUT2D eigenvalue weighted by atomic mass is 32.2. The molecule has 0 bridgehead atoms. The van der Waals surface area contributed by atoms with Gasteiger partial charge in [-0.15, -0.1) is 0 Å². The van der Waals surface area contributed by atoms with Gasteiger partial charge in [0.2, 0.25) is 0 Å². The molecule has 1 rings (SSSR count). The van der Waals surface area contributed by atoms with Crippen molar-refractivity contribution in [1.82, 2.24) is 0 Å². The molecule has 0 aliphatic carbocycles. The summed E-state index contributed by atoms with van der Waals surface area (Å²) in [6, 6.07) is 4.53. The molecule has 0 heterocycles. The van der Waals surface area contributed by atoms with E-state index < -0.39 is 15.5 Å². The van der Waals surface area contributed by atoms with Gasteiger partial charge in [-0.3, -0.25) is 4.72 Å². The number of anilines is 1. The number of nitrogens with one attached hydrogen (secondary N) is 1. The monoisotopic (exact) mass is 267 g/mol. The SMILES string of the molecule is CCc1cc(C)ccc1NS(=O)(=O)C(F)(F)F. The summed E-state index contributed by atoms with van der Waals surface area (Å²) < 4.78 is 60.0. The normalized spacial score (nSPS) is 12.5. The molecule has 0 aliphatic rings. The average Bonchev–Trinajstić information content (AvgIpc) is 2.18. The fourth-order valence-corrected chi connectivity index (χ4v) is 1.92. The van der Waals surface area contributed by atoms with Crippen LogP contribution in [0.3, 0.4) is 0 Å². The van der Waals surface area contributed by atoms with Crippen LogP contribution in [0.15, 0.2) is 18.2 Å². The minimum absolute atomic E-state index is 0.0320. The molecule has 0 spiro atoms. The minimum atomic E-state index is -5.35. The van der Waals surface area contributed by atoms with Gasteiger partial charge in [-0.25, -0.2) is 0 Å². The second-order valence-electron chi connectivity index (χ2n) is 3.57. The molecule has 0 radical (unpaired) electrons. The highest BCUT2D eigenvalue weighted by Crippen LogP contribution is 2.27. The van der Waals surface area contributed by atoms with Gasteiger partial charge >= 0.3 is 15.5 Å². The standard InChI is InChI=1S/C10H12F3NO2S/c1-3-8-6-7(2)4-5-9(8)14-17(15,16)10(11,12)13/h4-6,14H,3H2,1-2H3. The Labute approximate surface area is 97.7 Å². The van der Waals surface area contributed by atoms with E-state index in [2.05, 4.69) is 0 Å². The summed E-state index contributed by atoms with van der Waals surface area (Å²) in [5, 5.41) is 0. The smallest absolute Gasteiger partial charge is 0.276 e. The fourth-order valence-electron chi connectivity index (χ4n) is 1.32. The Hall–Kier alpha value is -1.24. The van der Waals surface area contributed by atoms with Gasteiger partial charge in [0.05, 0.1) is 5.69 Å². The first kappa shape index (κ1) is 13.8. The molecule has 96 valence electrons. The molecular weight excluding hydrogens is 255 g/mol. The van der Waals surface area contributed by atoms with Crippen LogP contribution in [0.5, 0.6) is 0 Å². The van der Waals surface area contributed by atoms with Crippen molar-refractivity contribution in [1.29, 1.82) is 0 Å². The first-order chi connectivity index (χ1) is 7.67. The zero-order valence-electron chi connectivity index (χ0n) is 9.30. The summed E-state index contributed by atoms with van der Waals surface area (Å²) in [5.74, 6) is 0. The number of hydrogen-bond acceptors (Lipinski definition) is 2. The van der Waals surface area contributed by atoms with Crippen molar-refractivity contribution in [3.05, 3.63) is 29.3 Å². The quantitative estimate of drug-likeness (QED) is 0.915. The topological polar surface area (TPSA) is 46.2 Å². The summed E-state index contributed by atoms with van der Waals surface area (Å²) in [5.41, 5.74) is -3.95. The molecule has 17 heavy (non-hydrogen) atoms. The van der Waals surface area contributed by atoms with Gasteiger partial charge in [0, 0.05) is 0 Å². The number of alkyl halides is 3. The molecule has 0 unspecified atom stereocenters. The first-order valence-electron chi connectivity index (χ1n) is 4.86. The van der Waals surface area contributed by atoms with Crippen LogP contribution < -0.4 is 4.72 Å². The lowest BCUT2D eigenvalue weighted by Crippen LogP contribution is -2.30. The Balaban J connectivity index is 3.13. The molecule has 3 nitrogen and oxygen atoms in total. The maximum atomic E-state index is 12.2. The third kappa shape index (κ3) is 3.12. The number of halogens is 3. The van der Waals surface area contributed by atoms with E-state index in [4.69, 9.17) is 0 Å². The van der Waals surface area contributed by atoms with Gasteiger partial charge in [-0.2, -0.15) is 21.6 Å². The molecule has 7 heteroatoms. The highest BCUT2D eigenvalue weighted by molar-refractivity contribution is 7.93. The van der Waals surface area contributed by atoms with E-state index in [1.807, 2.05) is 0 Å². The third-order valence-electron chi connectivity index (χ3n) is 2.19. The summed E-state index contributed by atoms with van der Waals surface area (Å²) in [6.07, 6.45) is 0.442. The van der Waals surface area contributed by atoms with Crippen molar-refractivity contribution in [2.24, 2.45) is 0 Å². The van der Waals surface area contributed by atoms with Gasteiger partial charge < -0.3 is 0 Å². The van der Waals surface area contributed by atoms with Crippen LogP contribution >= 0.6 is 0 Å². The van der Waals surface area contributed by atoms with Crippen molar-refractivity contribution in [3.8, 4) is 0 Å². The predicted molar refractivity (Wildman–Crippen MR) is 59.2 cm³/mol. The van der Waals surface area contributed by atoms with Gasteiger partial charge in [-0.1, -0.05) is 24.6 Å². The van der Waals surface area contributed by atoms with Crippen LogP contribution in [0.4, 0.5) is 18.9 Å². The Kier molecular flexibility index (Phi) is 3.71. The largest absolute Gasteiger partial charge is 0.516 e. The molecule has 0 fully saturated rings. The summed E-state index contributed by atoms with van der Waals surface area (Å²) >= 11 is 0. The minimum Gasteiger partial charge on any atom is -0.276 e. The maximum absolute atomic E-state index is 12.2. The van der Waals surface area contributed by atoms with E-state index in [9.17, 15) is 21.6 Å². The molecule has 1 aromatic carbocycles. The van der Waals surface area contributed by atoms with E-state index in [1.165, 1.54) is 6.07 Å². The second-order valence-corrected chi connectivity index (χ2v) is 5.24. The molecular formula is C10H12F3NO2S. The van der Waals surface area contributed by atoms with Crippen LogP contribution in [-0.2, 0) is 16.4 Å². The molecule has 1 aromatic rings. The Morgan fingerprint density at radius 3 is 2.35 bits per heavy atom. The highest BCUT2D eigenvalue weighted by Gasteiger charge is 2.46. The van der Waals surface area contributed by atoms with E-state index in [1.54, 1.807) is 30.7 Å². The Morgan fingerprint density at radius 1 is 1.29 bits per heavy atom. The molecule has 0 saturated heterocycles.